The van der Waals surface area contributed by atoms with Gasteiger partial charge in [0.1, 0.15) is 0 Å². The molecule has 0 aliphatic rings. The first-order chi connectivity index (χ1) is 8.38. The zero-order valence-corrected chi connectivity index (χ0v) is 11.9. The Morgan fingerprint density at radius 1 is 1.50 bits per heavy atom. The van der Waals surface area contributed by atoms with E-state index < -0.39 is 10.0 Å². The van der Waals surface area contributed by atoms with Gasteiger partial charge in [-0.05, 0) is 24.6 Å². The van der Waals surface area contributed by atoms with Crippen molar-refractivity contribution in [2.75, 3.05) is 19.0 Å². The van der Waals surface area contributed by atoms with Crippen molar-refractivity contribution in [3.8, 4) is 0 Å². The van der Waals surface area contributed by atoms with Crippen LogP contribution in [0.4, 0.5) is 5.69 Å². The third kappa shape index (κ3) is 4.13. The molecule has 3 N–H and O–H groups in total. The lowest BCUT2D eigenvalue weighted by molar-refractivity contribution is 0.184. The fourth-order valence-corrected chi connectivity index (χ4v) is 2.19. The second-order valence-corrected chi connectivity index (χ2v) is 5.86. The van der Waals surface area contributed by atoms with Gasteiger partial charge in [-0.2, -0.15) is 0 Å². The summed E-state index contributed by atoms with van der Waals surface area (Å²) in [6.45, 7) is 2.50. The monoisotopic (exact) mass is 292 g/mol. The molecule has 5 nitrogen and oxygen atoms in total. The Bertz CT molecular complexity index is 505. The average molecular weight is 293 g/mol. The van der Waals surface area contributed by atoms with Crippen molar-refractivity contribution in [1.29, 1.82) is 0 Å². The van der Waals surface area contributed by atoms with E-state index in [1.807, 2.05) is 6.92 Å². The van der Waals surface area contributed by atoms with Gasteiger partial charge in [0.2, 0.25) is 10.0 Å². The van der Waals surface area contributed by atoms with Crippen LogP contribution in [0.25, 0.3) is 0 Å². The first-order valence-corrected chi connectivity index (χ1v) is 7.38. The first kappa shape index (κ1) is 15.2. The molecule has 0 saturated carbocycles. The van der Waals surface area contributed by atoms with E-state index in [1.165, 1.54) is 18.2 Å². The molecule has 1 unspecified atom stereocenters. The van der Waals surface area contributed by atoms with Crippen LogP contribution >= 0.6 is 11.6 Å². The van der Waals surface area contributed by atoms with Gasteiger partial charge in [-0.25, -0.2) is 13.6 Å². The number of rotatable bonds is 6. The number of benzene rings is 1. The largest absolute Gasteiger partial charge is 0.383 e. The summed E-state index contributed by atoms with van der Waals surface area (Å²) in [4.78, 5) is 0.0293. The van der Waals surface area contributed by atoms with Gasteiger partial charge in [0.05, 0.1) is 22.2 Å². The minimum absolute atomic E-state index is 0.0293. The van der Waals surface area contributed by atoms with Gasteiger partial charge >= 0.3 is 0 Å². The Labute approximate surface area is 112 Å². The molecular weight excluding hydrogens is 276 g/mol. The van der Waals surface area contributed by atoms with Crippen LogP contribution in [0.1, 0.15) is 13.3 Å². The topological polar surface area (TPSA) is 81.4 Å². The summed E-state index contributed by atoms with van der Waals surface area (Å²) in [5, 5.41) is 8.65. The molecule has 1 rings (SSSR count). The highest BCUT2D eigenvalue weighted by molar-refractivity contribution is 7.89. The molecule has 0 amide bonds. The Morgan fingerprint density at radius 2 is 2.17 bits per heavy atom. The summed E-state index contributed by atoms with van der Waals surface area (Å²) < 4.78 is 27.6. The third-order valence-corrected chi connectivity index (χ3v) is 3.73. The molecule has 7 heteroatoms. The lowest BCUT2D eigenvalue weighted by Gasteiger charge is -2.18. The maximum atomic E-state index is 11.3. The molecule has 0 saturated heterocycles. The van der Waals surface area contributed by atoms with Crippen molar-refractivity contribution in [3.63, 3.8) is 0 Å². The van der Waals surface area contributed by atoms with Crippen LogP contribution in [0.5, 0.6) is 0 Å². The molecule has 0 bridgehead atoms. The second kappa shape index (κ2) is 6.38. The Kier molecular flexibility index (Phi) is 5.40. The van der Waals surface area contributed by atoms with E-state index in [4.69, 9.17) is 21.5 Å². The van der Waals surface area contributed by atoms with Gasteiger partial charge in [-0.1, -0.05) is 18.5 Å². The quantitative estimate of drug-likeness (QED) is 0.838. The molecule has 0 aliphatic carbocycles. The number of hydrogen-bond donors (Lipinski definition) is 2. The van der Waals surface area contributed by atoms with Gasteiger partial charge in [0.25, 0.3) is 0 Å². The van der Waals surface area contributed by atoms with Crippen molar-refractivity contribution in [3.05, 3.63) is 23.2 Å². The second-order valence-electron chi connectivity index (χ2n) is 3.89. The molecule has 0 radical (unpaired) electrons. The lowest BCUT2D eigenvalue weighted by atomic mass is 10.2. The normalized spacial score (nSPS) is 13.3. The van der Waals surface area contributed by atoms with E-state index in [9.17, 15) is 8.42 Å². The molecule has 1 atom stereocenters. The number of sulfonamides is 1. The van der Waals surface area contributed by atoms with Crippen molar-refractivity contribution in [1.82, 2.24) is 0 Å². The van der Waals surface area contributed by atoms with Gasteiger partial charge in [-0.3, -0.25) is 0 Å². The summed E-state index contributed by atoms with van der Waals surface area (Å²) in [5.74, 6) is 0. The molecule has 0 fully saturated rings. The number of hydrogen-bond acceptors (Lipinski definition) is 4. The van der Waals surface area contributed by atoms with E-state index in [2.05, 4.69) is 5.32 Å². The van der Waals surface area contributed by atoms with Crippen molar-refractivity contribution < 1.29 is 13.2 Å². The van der Waals surface area contributed by atoms with E-state index in [1.54, 1.807) is 7.11 Å². The molecular formula is C11H17ClN2O3S. The standard InChI is InChI=1S/C11H17ClN2O3S/c1-3-8(7-17-2)14-11-6-9(18(13,15)16)4-5-10(11)12/h4-6,8,14H,3,7H2,1-2H3,(H2,13,15,16). The average Bonchev–Trinajstić information content (AvgIpc) is 2.29. The molecule has 1 aromatic rings. The fourth-order valence-electron chi connectivity index (χ4n) is 1.47. The SMILES string of the molecule is CCC(COC)Nc1cc(S(N)(=O)=O)ccc1Cl. The number of primary sulfonamides is 1. The number of halogens is 1. The van der Waals surface area contributed by atoms with Crippen LogP contribution in [0.15, 0.2) is 23.1 Å². The van der Waals surface area contributed by atoms with Crippen LogP contribution in [0, 0.1) is 0 Å². The van der Waals surface area contributed by atoms with Gasteiger partial charge < -0.3 is 10.1 Å². The lowest BCUT2D eigenvalue weighted by Crippen LogP contribution is -2.24. The van der Waals surface area contributed by atoms with Crippen LogP contribution in [-0.4, -0.2) is 28.2 Å². The van der Waals surface area contributed by atoms with Gasteiger partial charge in [0.15, 0.2) is 0 Å². The summed E-state index contributed by atoms with van der Waals surface area (Å²) >= 11 is 6.01. The minimum atomic E-state index is -3.73. The van der Waals surface area contributed by atoms with E-state index in [-0.39, 0.29) is 10.9 Å². The third-order valence-electron chi connectivity index (χ3n) is 2.49. The molecule has 0 aliphatic heterocycles. The van der Waals surface area contributed by atoms with Crippen molar-refractivity contribution in [2.45, 2.75) is 24.3 Å². The highest BCUT2D eigenvalue weighted by Crippen LogP contribution is 2.25. The van der Waals surface area contributed by atoms with Crippen molar-refractivity contribution >= 4 is 27.3 Å². The van der Waals surface area contributed by atoms with E-state index in [0.717, 1.165) is 6.42 Å². The molecule has 0 heterocycles. The maximum Gasteiger partial charge on any atom is 0.238 e. The fraction of sp³-hybridized carbons (Fsp3) is 0.455. The Balaban J connectivity index is 3.01. The predicted octanol–water partition coefficient (Wildman–Crippen LogP) is 1.82. The smallest absolute Gasteiger partial charge is 0.238 e. The summed E-state index contributed by atoms with van der Waals surface area (Å²) in [6.07, 6.45) is 0.823. The number of ether oxygens (including phenoxy) is 1. The Hall–Kier alpha value is -0.820. The summed E-state index contributed by atoms with van der Waals surface area (Å²) in [6, 6.07) is 4.36. The number of nitrogens with two attached hydrogens (primary N) is 1. The highest BCUT2D eigenvalue weighted by Gasteiger charge is 2.13. The number of nitrogens with one attached hydrogen (secondary N) is 1. The van der Waals surface area contributed by atoms with Crippen molar-refractivity contribution in [2.24, 2.45) is 5.14 Å². The molecule has 102 valence electrons. The predicted molar refractivity (Wildman–Crippen MR) is 72.4 cm³/mol. The van der Waals surface area contributed by atoms with Gasteiger partial charge in [0, 0.05) is 13.2 Å². The first-order valence-electron chi connectivity index (χ1n) is 5.46. The molecule has 0 spiro atoms. The van der Waals surface area contributed by atoms with Crippen LogP contribution in [0.3, 0.4) is 0 Å². The summed E-state index contributed by atoms with van der Waals surface area (Å²) in [7, 11) is -2.12. The molecule has 18 heavy (non-hydrogen) atoms. The van der Waals surface area contributed by atoms with E-state index >= 15 is 0 Å². The van der Waals surface area contributed by atoms with Crippen LogP contribution in [-0.2, 0) is 14.8 Å². The zero-order chi connectivity index (χ0) is 13.8. The number of methoxy groups -OCH3 is 1. The summed E-state index contributed by atoms with van der Waals surface area (Å²) in [5.41, 5.74) is 0.534. The van der Waals surface area contributed by atoms with Crippen LogP contribution < -0.4 is 10.5 Å². The molecule has 0 aromatic heterocycles. The van der Waals surface area contributed by atoms with Crippen LogP contribution in [0.2, 0.25) is 5.02 Å². The zero-order valence-electron chi connectivity index (χ0n) is 10.3. The van der Waals surface area contributed by atoms with Gasteiger partial charge in [-0.15, -0.1) is 0 Å². The minimum Gasteiger partial charge on any atom is -0.383 e. The molecule has 1 aromatic carbocycles. The number of anilines is 1. The highest BCUT2D eigenvalue weighted by atomic mass is 35.5. The van der Waals surface area contributed by atoms with E-state index in [0.29, 0.717) is 17.3 Å². The maximum absolute atomic E-state index is 11.3. The Morgan fingerprint density at radius 3 is 2.67 bits per heavy atom.